The number of carbonyl (C=O) groups excluding carboxylic acids is 2. The summed E-state index contributed by atoms with van der Waals surface area (Å²) in [5, 5.41) is 0.833. The van der Waals surface area contributed by atoms with E-state index in [1.54, 1.807) is 16.8 Å². The van der Waals surface area contributed by atoms with Crippen molar-refractivity contribution in [3.05, 3.63) is 54.6 Å². The van der Waals surface area contributed by atoms with Gasteiger partial charge in [0.2, 0.25) is 11.8 Å². The first kappa shape index (κ1) is 19.5. The summed E-state index contributed by atoms with van der Waals surface area (Å²) in [6.45, 7) is 3.49. The number of para-hydroxylation sites is 3. The number of amides is 2. The first-order valence-electron chi connectivity index (χ1n) is 9.80. The zero-order valence-corrected chi connectivity index (χ0v) is 17.4. The van der Waals surface area contributed by atoms with Crippen molar-refractivity contribution >= 4 is 40.3 Å². The molecule has 2 aromatic carbocycles. The molecule has 6 nitrogen and oxygen atoms in total. The van der Waals surface area contributed by atoms with E-state index in [0.29, 0.717) is 13.0 Å². The summed E-state index contributed by atoms with van der Waals surface area (Å²) in [7, 11) is 1.72. The number of hydrogen-bond donors (Lipinski definition) is 0. The first-order chi connectivity index (χ1) is 14.1. The summed E-state index contributed by atoms with van der Waals surface area (Å²) < 4.78 is 2.12. The van der Waals surface area contributed by atoms with Crippen LogP contribution in [0.1, 0.15) is 13.3 Å². The van der Waals surface area contributed by atoms with E-state index in [4.69, 9.17) is 0 Å². The quantitative estimate of drug-likeness (QED) is 0.587. The Balaban J connectivity index is 1.42. The summed E-state index contributed by atoms with van der Waals surface area (Å²) in [6.07, 6.45) is 0.647. The third kappa shape index (κ3) is 3.74. The van der Waals surface area contributed by atoms with Crippen molar-refractivity contribution in [2.45, 2.75) is 31.1 Å². The molecule has 1 aromatic heterocycles. The van der Waals surface area contributed by atoms with E-state index in [2.05, 4.69) is 16.5 Å². The summed E-state index contributed by atoms with van der Waals surface area (Å²) in [5.74, 6) is 0.186. The summed E-state index contributed by atoms with van der Waals surface area (Å²) >= 11 is 1.43. The molecule has 0 bridgehead atoms. The zero-order valence-electron chi connectivity index (χ0n) is 16.6. The monoisotopic (exact) mass is 408 g/mol. The molecule has 150 valence electrons. The molecule has 1 unspecified atom stereocenters. The van der Waals surface area contributed by atoms with Gasteiger partial charge in [-0.2, -0.15) is 0 Å². The molecule has 4 rings (SSSR count). The number of thioether (sulfide) groups is 1. The Morgan fingerprint density at radius 2 is 1.90 bits per heavy atom. The molecule has 2 heterocycles. The highest BCUT2D eigenvalue weighted by molar-refractivity contribution is 7.99. The molecule has 29 heavy (non-hydrogen) atoms. The highest BCUT2D eigenvalue weighted by Crippen LogP contribution is 2.26. The minimum atomic E-state index is -0.409. The molecule has 1 atom stereocenters. The van der Waals surface area contributed by atoms with Crippen molar-refractivity contribution < 1.29 is 9.59 Å². The van der Waals surface area contributed by atoms with Crippen molar-refractivity contribution in [2.24, 2.45) is 0 Å². The number of anilines is 1. The molecule has 0 saturated carbocycles. The zero-order chi connectivity index (χ0) is 20.4. The Labute approximate surface area is 174 Å². The van der Waals surface area contributed by atoms with Crippen LogP contribution >= 0.6 is 11.8 Å². The van der Waals surface area contributed by atoms with E-state index in [9.17, 15) is 9.59 Å². The molecular weight excluding hydrogens is 384 g/mol. The van der Waals surface area contributed by atoms with Gasteiger partial charge in [-0.15, -0.1) is 0 Å². The van der Waals surface area contributed by atoms with Crippen LogP contribution in [0.4, 0.5) is 5.69 Å². The standard InChI is InChI=1S/C22H24N4O2S/c1-3-25-18-12-8-7-11-17(18)23-22(25)29-15-20(27)24(2)19-13-14-26(21(19)28)16-9-5-4-6-10-16/h4-12,19H,3,13-15H2,1-2H3. The van der Waals surface area contributed by atoms with Crippen LogP contribution in [0.2, 0.25) is 0 Å². The highest BCUT2D eigenvalue weighted by Gasteiger charge is 2.37. The normalized spacial score (nSPS) is 16.6. The van der Waals surface area contributed by atoms with Gasteiger partial charge in [0.05, 0.1) is 16.8 Å². The highest BCUT2D eigenvalue weighted by atomic mass is 32.2. The lowest BCUT2D eigenvalue weighted by atomic mass is 10.2. The van der Waals surface area contributed by atoms with Gasteiger partial charge in [0.1, 0.15) is 6.04 Å². The van der Waals surface area contributed by atoms with E-state index >= 15 is 0 Å². The average Bonchev–Trinajstić information content (AvgIpc) is 3.31. The molecule has 7 heteroatoms. The van der Waals surface area contributed by atoms with Crippen molar-refractivity contribution in [3.63, 3.8) is 0 Å². The maximum Gasteiger partial charge on any atom is 0.249 e. The summed E-state index contributed by atoms with van der Waals surface area (Å²) in [4.78, 5) is 33.7. The molecule has 1 aliphatic heterocycles. The predicted octanol–water partition coefficient (Wildman–Crippen LogP) is 3.41. The first-order valence-corrected chi connectivity index (χ1v) is 10.8. The lowest BCUT2D eigenvalue weighted by molar-refractivity contribution is -0.134. The molecular formula is C22H24N4O2S. The molecule has 3 aromatic rings. The number of likely N-dealkylation sites (N-methyl/N-ethyl adjacent to an activating group) is 1. The van der Waals surface area contributed by atoms with Gasteiger partial charge < -0.3 is 14.4 Å². The fraction of sp³-hybridized carbons (Fsp3) is 0.318. The average molecular weight is 409 g/mol. The minimum absolute atomic E-state index is 0.0159. The van der Waals surface area contributed by atoms with Crippen LogP contribution in [0.25, 0.3) is 11.0 Å². The van der Waals surface area contributed by atoms with Crippen molar-refractivity contribution in [1.82, 2.24) is 14.5 Å². The van der Waals surface area contributed by atoms with Crippen LogP contribution in [0.3, 0.4) is 0 Å². The molecule has 1 aliphatic rings. The number of rotatable bonds is 6. The maximum absolute atomic E-state index is 12.9. The number of fused-ring (bicyclic) bond motifs is 1. The van der Waals surface area contributed by atoms with Gasteiger partial charge in [-0.25, -0.2) is 4.98 Å². The van der Waals surface area contributed by atoms with Crippen LogP contribution in [-0.2, 0) is 16.1 Å². The number of aryl methyl sites for hydroxylation is 1. The van der Waals surface area contributed by atoms with E-state index in [1.807, 2.05) is 54.6 Å². The molecule has 0 radical (unpaired) electrons. The van der Waals surface area contributed by atoms with Gasteiger partial charge in [-0.1, -0.05) is 42.1 Å². The van der Waals surface area contributed by atoms with Crippen LogP contribution in [-0.4, -0.2) is 51.7 Å². The third-order valence-electron chi connectivity index (χ3n) is 5.37. The maximum atomic E-state index is 12.9. The second-order valence-corrected chi connectivity index (χ2v) is 7.99. The van der Waals surface area contributed by atoms with Crippen molar-refractivity contribution in [2.75, 3.05) is 24.2 Å². The summed E-state index contributed by atoms with van der Waals surface area (Å²) in [6, 6.07) is 17.2. The Morgan fingerprint density at radius 1 is 1.17 bits per heavy atom. The lowest BCUT2D eigenvalue weighted by Crippen LogP contribution is -2.43. The molecule has 0 N–H and O–H groups in total. The van der Waals surface area contributed by atoms with Crippen molar-refractivity contribution in [1.29, 1.82) is 0 Å². The molecule has 1 fully saturated rings. The van der Waals surface area contributed by atoms with Crippen LogP contribution in [0.5, 0.6) is 0 Å². The van der Waals surface area contributed by atoms with Crippen LogP contribution in [0, 0.1) is 0 Å². The summed E-state index contributed by atoms with van der Waals surface area (Å²) in [5.41, 5.74) is 2.89. The fourth-order valence-electron chi connectivity index (χ4n) is 3.76. The number of nitrogens with zero attached hydrogens (tertiary/aromatic N) is 4. The Bertz CT molecular complexity index is 1030. The molecule has 2 amide bonds. The van der Waals surface area contributed by atoms with E-state index in [0.717, 1.165) is 28.4 Å². The largest absolute Gasteiger partial charge is 0.333 e. The van der Waals surface area contributed by atoms with Crippen LogP contribution < -0.4 is 4.90 Å². The number of hydrogen-bond acceptors (Lipinski definition) is 4. The Hall–Kier alpha value is -2.80. The second-order valence-electron chi connectivity index (χ2n) is 7.05. The topological polar surface area (TPSA) is 58.4 Å². The lowest BCUT2D eigenvalue weighted by Gasteiger charge is -2.24. The van der Waals surface area contributed by atoms with E-state index in [-0.39, 0.29) is 17.6 Å². The van der Waals surface area contributed by atoms with Gasteiger partial charge in [0.25, 0.3) is 0 Å². The van der Waals surface area contributed by atoms with Crippen LogP contribution in [0.15, 0.2) is 59.8 Å². The van der Waals surface area contributed by atoms with Gasteiger partial charge in [0.15, 0.2) is 5.16 Å². The Kier molecular flexibility index (Phi) is 5.58. The van der Waals surface area contributed by atoms with Gasteiger partial charge >= 0.3 is 0 Å². The van der Waals surface area contributed by atoms with E-state index in [1.165, 1.54) is 11.8 Å². The number of imidazole rings is 1. The molecule has 0 spiro atoms. The molecule has 1 saturated heterocycles. The minimum Gasteiger partial charge on any atom is -0.333 e. The van der Waals surface area contributed by atoms with Gasteiger partial charge in [-0.3, -0.25) is 9.59 Å². The molecule has 0 aliphatic carbocycles. The second kappa shape index (κ2) is 8.29. The fourth-order valence-corrected chi connectivity index (χ4v) is 4.76. The number of benzene rings is 2. The van der Waals surface area contributed by atoms with Gasteiger partial charge in [0, 0.05) is 25.8 Å². The van der Waals surface area contributed by atoms with E-state index < -0.39 is 6.04 Å². The third-order valence-corrected chi connectivity index (χ3v) is 6.33. The predicted molar refractivity (Wildman–Crippen MR) is 116 cm³/mol. The number of carbonyl (C=O) groups is 2. The number of aromatic nitrogens is 2. The smallest absolute Gasteiger partial charge is 0.249 e. The van der Waals surface area contributed by atoms with Gasteiger partial charge in [-0.05, 0) is 37.6 Å². The Morgan fingerprint density at radius 3 is 2.66 bits per heavy atom. The van der Waals surface area contributed by atoms with Crippen molar-refractivity contribution in [3.8, 4) is 0 Å². The SMILES string of the molecule is CCn1c(SCC(=O)N(C)C2CCN(c3ccccc3)C2=O)nc2ccccc21.